The Morgan fingerprint density at radius 1 is 1.00 bits per heavy atom. The van der Waals surface area contributed by atoms with Gasteiger partial charge in [0.2, 0.25) is 11.9 Å². The van der Waals surface area contributed by atoms with Crippen LogP contribution in [0.5, 0.6) is 5.75 Å². The van der Waals surface area contributed by atoms with Crippen LogP contribution in [0.1, 0.15) is 36.9 Å². The lowest BCUT2D eigenvalue weighted by atomic mass is 9.90. The Hall–Kier alpha value is -4.63. The van der Waals surface area contributed by atoms with Gasteiger partial charge in [-0.15, -0.1) is 0 Å². The third-order valence-electron chi connectivity index (χ3n) is 7.77. The molecule has 1 aliphatic heterocycles. The van der Waals surface area contributed by atoms with E-state index >= 15 is 0 Å². The molecule has 1 saturated heterocycles. The van der Waals surface area contributed by atoms with Gasteiger partial charge >= 0.3 is 0 Å². The maximum absolute atomic E-state index is 13.6. The lowest BCUT2D eigenvalue weighted by Crippen LogP contribution is -2.26. The molecule has 41 heavy (non-hydrogen) atoms. The van der Waals surface area contributed by atoms with E-state index in [1.165, 1.54) is 11.6 Å². The topological polar surface area (TPSA) is 105 Å². The molecular formula is C32H31FN6O2. The number of piperidine rings is 1. The third-order valence-corrected chi connectivity index (χ3v) is 7.77. The highest BCUT2D eigenvalue weighted by molar-refractivity contribution is 5.84. The van der Waals surface area contributed by atoms with Crippen LogP contribution in [-0.2, 0) is 6.54 Å². The summed E-state index contributed by atoms with van der Waals surface area (Å²) >= 11 is 0. The van der Waals surface area contributed by atoms with Gasteiger partial charge in [0.15, 0.2) is 0 Å². The number of hydrogen-bond donors (Lipinski definition) is 3. The van der Waals surface area contributed by atoms with Crippen molar-refractivity contribution < 1.29 is 9.50 Å². The fourth-order valence-corrected chi connectivity index (χ4v) is 5.59. The van der Waals surface area contributed by atoms with E-state index in [0.29, 0.717) is 57.4 Å². The van der Waals surface area contributed by atoms with Crippen LogP contribution in [0.2, 0.25) is 0 Å². The minimum atomic E-state index is -0.561. The van der Waals surface area contributed by atoms with E-state index in [-0.39, 0.29) is 11.3 Å². The first-order chi connectivity index (χ1) is 19.9. The normalized spacial score (nSPS) is 13.9. The first-order valence-corrected chi connectivity index (χ1v) is 13.9. The molecule has 4 heterocycles. The van der Waals surface area contributed by atoms with Crippen molar-refractivity contribution in [2.75, 3.05) is 18.4 Å². The van der Waals surface area contributed by atoms with Crippen LogP contribution < -0.4 is 16.2 Å². The van der Waals surface area contributed by atoms with Crippen LogP contribution in [0, 0.1) is 12.9 Å². The molecule has 1 fully saturated rings. The third kappa shape index (κ3) is 5.28. The largest absolute Gasteiger partial charge is 0.507 e. The molecule has 0 spiro atoms. The second-order valence-electron chi connectivity index (χ2n) is 10.4. The van der Waals surface area contributed by atoms with Gasteiger partial charge in [0.05, 0.1) is 5.56 Å². The average molecular weight is 551 g/mol. The number of aromatic hydroxyl groups is 1. The quantitative estimate of drug-likeness (QED) is 0.226. The number of phenols is 1. The van der Waals surface area contributed by atoms with Gasteiger partial charge in [-0.05, 0) is 99.3 Å². The number of fused-ring (bicyclic) bond motifs is 1. The molecule has 3 N–H and O–H groups in total. The lowest BCUT2D eigenvalue weighted by Gasteiger charge is -2.23. The Morgan fingerprint density at radius 2 is 1.76 bits per heavy atom. The second-order valence-corrected chi connectivity index (χ2v) is 10.4. The summed E-state index contributed by atoms with van der Waals surface area (Å²) in [6, 6.07) is 18.0. The van der Waals surface area contributed by atoms with Crippen LogP contribution in [0.3, 0.4) is 0 Å². The zero-order valence-electron chi connectivity index (χ0n) is 23.0. The highest BCUT2D eigenvalue weighted by Crippen LogP contribution is 2.34. The summed E-state index contributed by atoms with van der Waals surface area (Å²) in [5, 5.41) is 18.3. The van der Waals surface area contributed by atoms with Crippen LogP contribution in [0.25, 0.3) is 33.3 Å². The highest BCUT2D eigenvalue weighted by Gasteiger charge is 2.18. The molecule has 0 unspecified atom stereocenters. The van der Waals surface area contributed by atoms with E-state index in [4.69, 9.17) is 0 Å². The molecule has 0 bridgehead atoms. The molecule has 5 aromatic rings. The van der Waals surface area contributed by atoms with Crippen molar-refractivity contribution in [1.29, 1.82) is 0 Å². The maximum atomic E-state index is 13.6. The van der Waals surface area contributed by atoms with Crippen molar-refractivity contribution in [3.8, 4) is 28.0 Å². The molecule has 3 aromatic heterocycles. The molecule has 0 saturated carbocycles. The van der Waals surface area contributed by atoms with Gasteiger partial charge < -0.3 is 15.7 Å². The van der Waals surface area contributed by atoms with Gasteiger partial charge in [-0.3, -0.25) is 9.36 Å². The number of aromatic nitrogens is 4. The monoisotopic (exact) mass is 550 g/mol. The SMILES string of the molecule is CCn1c(=O)c(-c2ccc(-c3ccc(F)nc3C)cc2O)cc2cnc(Nc3ccc(C4CCNCC4)cc3)nc21. The Kier molecular flexibility index (Phi) is 7.19. The fraction of sp³-hybridized carbons (Fsp3) is 0.250. The van der Waals surface area contributed by atoms with Crippen molar-refractivity contribution in [2.24, 2.45) is 0 Å². The number of rotatable bonds is 6. The molecule has 0 atom stereocenters. The molecule has 9 heteroatoms. The minimum Gasteiger partial charge on any atom is -0.507 e. The van der Waals surface area contributed by atoms with Crippen molar-refractivity contribution in [2.45, 2.75) is 39.2 Å². The maximum Gasteiger partial charge on any atom is 0.260 e. The summed E-state index contributed by atoms with van der Waals surface area (Å²) in [7, 11) is 0. The molecule has 6 rings (SSSR count). The smallest absolute Gasteiger partial charge is 0.260 e. The number of anilines is 2. The Bertz CT molecular complexity index is 1800. The summed E-state index contributed by atoms with van der Waals surface area (Å²) in [5.74, 6) is 0.360. The molecule has 0 radical (unpaired) electrons. The summed E-state index contributed by atoms with van der Waals surface area (Å²) in [5.41, 5.74) is 5.08. The van der Waals surface area contributed by atoms with Crippen molar-refractivity contribution in [3.05, 3.63) is 94.4 Å². The van der Waals surface area contributed by atoms with Gasteiger partial charge in [0, 0.05) is 40.6 Å². The first kappa shape index (κ1) is 26.6. The molecule has 8 nitrogen and oxygen atoms in total. The predicted octanol–water partition coefficient (Wildman–Crippen LogP) is 5.90. The summed E-state index contributed by atoms with van der Waals surface area (Å²) in [6.07, 6.45) is 3.97. The molecule has 208 valence electrons. The summed E-state index contributed by atoms with van der Waals surface area (Å²) < 4.78 is 15.1. The fourth-order valence-electron chi connectivity index (χ4n) is 5.59. The minimum absolute atomic E-state index is 0.0579. The number of nitrogens with zero attached hydrogens (tertiary/aromatic N) is 4. The number of benzene rings is 2. The summed E-state index contributed by atoms with van der Waals surface area (Å²) in [6.45, 7) is 6.08. The number of pyridine rings is 2. The van der Waals surface area contributed by atoms with Gasteiger partial charge in [0.1, 0.15) is 11.4 Å². The molecule has 2 aromatic carbocycles. The van der Waals surface area contributed by atoms with Crippen molar-refractivity contribution >= 4 is 22.7 Å². The van der Waals surface area contributed by atoms with Crippen LogP contribution in [-0.4, -0.2) is 37.7 Å². The highest BCUT2D eigenvalue weighted by atomic mass is 19.1. The van der Waals surface area contributed by atoms with Gasteiger partial charge in [0.25, 0.3) is 5.56 Å². The predicted molar refractivity (Wildman–Crippen MR) is 159 cm³/mol. The van der Waals surface area contributed by atoms with Crippen molar-refractivity contribution in [1.82, 2.24) is 24.8 Å². The van der Waals surface area contributed by atoms with Gasteiger partial charge in [-0.1, -0.05) is 18.2 Å². The van der Waals surface area contributed by atoms with E-state index < -0.39 is 5.95 Å². The van der Waals surface area contributed by atoms with E-state index in [0.717, 1.165) is 31.6 Å². The second kappa shape index (κ2) is 11.1. The Labute approximate surface area is 237 Å². The Morgan fingerprint density at radius 3 is 2.46 bits per heavy atom. The van der Waals surface area contributed by atoms with E-state index in [1.54, 1.807) is 48.0 Å². The molecule has 1 aliphatic rings. The van der Waals surface area contributed by atoms with Crippen LogP contribution in [0.15, 0.2) is 71.7 Å². The summed E-state index contributed by atoms with van der Waals surface area (Å²) in [4.78, 5) is 26.6. The van der Waals surface area contributed by atoms with E-state index in [2.05, 4.69) is 37.7 Å². The molecular weight excluding hydrogens is 519 g/mol. The number of nitrogens with one attached hydrogen (secondary N) is 2. The van der Waals surface area contributed by atoms with Gasteiger partial charge in [-0.25, -0.2) is 9.97 Å². The zero-order chi connectivity index (χ0) is 28.5. The number of phenolic OH excluding ortho intramolecular Hbond substituents is 1. The van der Waals surface area contributed by atoms with Gasteiger partial charge in [-0.2, -0.15) is 9.37 Å². The molecule has 0 amide bonds. The molecule has 0 aliphatic carbocycles. The number of hydrogen-bond acceptors (Lipinski definition) is 7. The van der Waals surface area contributed by atoms with E-state index in [1.807, 2.05) is 19.1 Å². The number of halogens is 1. The standard InChI is InChI=1S/C32H31FN6O2/c1-3-39-30-23(18-35-32(38-30)37-24-7-4-20(5-8-24)21-12-14-34-15-13-21)16-27(31(39)41)26-9-6-22(17-28(26)40)25-10-11-29(33)36-19(25)2/h4-11,16-18,21,34,40H,3,12-15H2,1-2H3,(H,35,37,38). The zero-order valence-corrected chi connectivity index (χ0v) is 23.0. The Balaban J connectivity index is 1.31. The van der Waals surface area contributed by atoms with E-state index in [9.17, 15) is 14.3 Å². The number of aryl methyl sites for hydroxylation is 2. The average Bonchev–Trinajstić information content (AvgIpc) is 2.98. The lowest BCUT2D eigenvalue weighted by molar-refractivity contribution is 0.460. The van der Waals surface area contributed by atoms with Crippen molar-refractivity contribution in [3.63, 3.8) is 0 Å². The van der Waals surface area contributed by atoms with Crippen LogP contribution in [0.4, 0.5) is 16.0 Å². The van der Waals surface area contributed by atoms with Crippen LogP contribution >= 0.6 is 0 Å². The first-order valence-electron chi connectivity index (χ1n) is 13.9.